The molecule has 2 aliphatic heterocycles. The molecule has 3 fully saturated rings. The molecule has 24 heavy (non-hydrogen) atoms. The van der Waals surface area contributed by atoms with Crippen LogP contribution in [0.3, 0.4) is 0 Å². The number of benzene rings is 1. The normalized spacial score (nSPS) is 25.6. The Bertz CT molecular complexity index is 656. The molecule has 1 aromatic rings. The van der Waals surface area contributed by atoms with Crippen LogP contribution in [0.15, 0.2) is 24.3 Å². The average molecular weight is 327 g/mol. The first kappa shape index (κ1) is 15.6. The van der Waals surface area contributed by atoms with E-state index >= 15 is 0 Å². The number of likely N-dealkylation sites (tertiary alicyclic amines) is 1. The first-order valence-electron chi connectivity index (χ1n) is 9.10. The van der Waals surface area contributed by atoms with Gasteiger partial charge in [0.1, 0.15) is 0 Å². The third kappa shape index (κ3) is 2.93. The summed E-state index contributed by atoms with van der Waals surface area (Å²) in [5, 5.41) is 3.49. The quantitative estimate of drug-likeness (QED) is 0.902. The maximum Gasteiger partial charge on any atom is 0.240 e. The molecule has 1 saturated carbocycles. The number of hydrogen-bond donors (Lipinski definition) is 1. The molecular formula is C19H25N3O2. The lowest BCUT2D eigenvalue weighted by molar-refractivity contribution is -0.130. The number of carbonyl (C=O) groups excluding carboxylic acids is 2. The summed E-state index contributed by atoms with van der Waals surface area (Å²) in [6, 6.07) is 8.67. The Morgan fingerprint density at radius 2 is 2.00 bits per heavy atom. The van der Waals surface area contributed by atoms with Gasteiger partial charge in [0.05, 0.1) is 6.04 Å². The summed E-state index contributed by atoms with van der Waals surface area (Å²) in [6.45, 7) is 3.79. The molecule has 0 bridgehead atoms. The summed E-state index contributed by atoms with van der Waals surface area (Å²) in [5.41, 5.74) is 2.10. The van der Waals surface area contributed by atoms with Gasteiger partial charge in [0.25, 0.3) is 0 Å². The fourth-order valence-electron chi connectivity index (χ4n) is 3.89. The van der Waals surface area contributed by atoms with Crippen molar-refractivity contribution in [1.29, 1.82) is 0 Å². The Labute approximate surface area is 143 Å². The van der Waals surface area contributed by atoms with Crippen LogP contribution in [0.2, 0.25) is 0 Å². The Morgan fingerprint density at radius 3 is 2.71 bits per heavy atom. The number of amides is 2. The van der Waals surface area contributed by atoms with Gasteiger partial charge in [-0.15, -0.1) is 0 Å². The molecule has 1 aromatic carbocycles. The average Bonchev–Trinajstić information content (AvgIpc) is 3.24. The van der Waals surface area contributed by atoms with E-state index in [1.807, 2.05) is 21.9 Å². The van der Waals surface area contributed by atoms with E-state index in [4.69, 9.17) is 0 Å². The number of rotatable bonds is 5. The molecule has 1 N–H and O–H groups in total. The molecule has 0 spiro atoms. The largest absolute Gasteiger partial charge is 0.338 e. The fourth-order valence-corrected chi connectivity index (χ4v) is 3.89. The number of nitrogens with one attached hydrogen (secondary N) is 1. The van der Waals surface area contributed by atoms with E-state index in [2.05, 4.69) is 24.4 Å². The lowest BCUT2D eigenvalue weighted by atomic mass is 10.1. The van der Waals surface area contributed by atoms with E-state index in [-0.39, 0.29) is 23.9 Å². The monoisotopic (exact) mass is 327 g/mol. The van der Waals surface area contributed by atoms with Crippen molar-refractivity contribution in [2.24, 2.45) is 0 Å². The maximum atomic E-state index is 12.5. The van der Waals surface area contributed by atoms with Crippen LogP contribution in [0.1, 0.15) is 50.6 Å². The summed E-state index contributed by atoms with van der Waals surface area (Å²) in [4.78, 5) is 28.3. The van der Waals surface area contributed by atoms with Gasteiger partial charge in [0.2, 0.25) is 11.8 Å². The van der Waals surface area contributed by atoms with Crippen LogP contribution in [0.4, 0.5) is 5.69 Å². The molecule has 0 radical (unpaired) electrons. The summed E-state index contributed by atoms with van der Waals surface area (Å²) in [5.74, 6) is 0.467. The lowest BCUT2D eigenvalue weighted by Gasteiger charge is -2.22. The van der Waals surface area contributed by atoms with E-state index in [1.165, 1.54) is 12.8 Å². The highest BCUT2D eigenvalue weighted by Crippen LogP contribution is 2.31. The zero-order chi connectivity index (χ0) is 16.7. The number of anilines is 1. The second-order valence-corrected chi connectivity index (χ2v) is 7.24. The molecule has 2 amide bonds. The molecule has 4 rings (SSSR count). The standard InChI is InChI=1S/C19H25N3O2/c1-13(20-17-9-11-22(19(17)24)15-7-8-15)14-4-2-5-16(12-14)21-10-3-6-18(21)23/h2,4-5,12-13,15,17,20H,3,6-11H2,1H3. The predicted octanol–water partition coefficient (Wildman–Crippen LogP) is 2.23. The van der Waals surface area contributed by atoms with Crippen molar-refractivity contribution in [1.82, 2.24) is 10.2 Å². The van der Waals surface area contributed by atoms with E-state index in [1.54, 1.807) is 0 Å². The molecule has 1 aliphatic carbocycles. The van der Waals surface area contributed by atoms with Crippen LogP contribution in [-0.4, -0.2) is 41.9 Å². The molecule has 0 aromatic heterocycles. The Morgan fingerprint density at radius 1 is 1.17 bits per heavy atom. The summed E-state index contributed by atoms with van der Waals surface area (Å²) >= 11 is 0. The molecule has 5 nitrogen and oxygen atoms in total. The third-order valence-corrected chi connectivity index (χ3v) is 5.43. The topological polar surface area (TPSA) is 52.7 Å². The number of hydrogen-bond acceptors (Lipinski definition) is 3. The van der Waals surface area contributed by atoms with Gasteiger partial charge in [-0.1, -0.05) is 12.1 Å². The molecule has 2 atom stereocenters. The minimum Gasteiger partial charge on any atom is -0.338 e. The molecule has 3 aliphatic rings. The second-order valence-electron chi connectivity index (χ2n) is 7.24. The first-order chi connectivity index (χ1) is 11.6. The Kier molecular flexibility index (Phi) is 4.04. The smallest absolute Gasteiger partial charge is 0.240 e. The maximum absolute atomic E-state index is 12.5. The zero-order valence-corrected chi connectivity index (χ0v) is 14.2. The van der Waals surface area contributed by atoms with Crippen LogP contribution >= 0.6 is 0 Å². The van der Waals surface area contributed by atoms with Crippen LogP contribution in [0.25, 0.3) is 0 Å². The van der Waals surface area contributed by atoms with Gasteiger partial charge >= 0.3 is 0 Å². The van der Waals surface area contributed by atoms with Crippen molar-refractivity contribution in [3.8, 4) is 0 Å². The third-order valence-electron chi connectivity index (χ3n) is 5.43. The van der Waals surface area contributed by atoms with Crippen LogP contribution in [0, 0.1) is 0 Å². The highest BCUT2D eigenvalue weighted by Gasteiger charge is 2.40. The summed E-state index contributed by atoms with van der Waals surface area (Å²) in [6.07, 6.45) is 4.81. The van der Waals surface area contributed by atoms with E-state index in [0.29, 0.717) is 12.5 Å². The molecule has 2 heterocycles. The van der Waals surface area contributed by atoms with Gasteiger partial charge in [-0.05, 0) is 50.3 Å². The van der Waals surface area contributed by atoms with Crippen molar-refractivity contribution in [3.63, 3.8) is 0 Å². The molecule has 2 unspecified atom stereocenters. The van der Waals surface area contributed by atoms with Gasteiger partial charge in [-0.2, -0.15) is 0 Å². The van der Waals surface area contributed by atoms with Gasteiger partial charge in [-0.3, -0.25) is 14.9 Å². The Hall–Kier alpha value is -1.88. The van der Waals surface area contributed by atoms with Crippen LogP contribution in [-0.2, 0) is 9.59 Å². The fraction of sp³-hybridized carbons (Fsp3) is 0.579. The van der Waals surface area contributed by atoms with E-state index < -0.39 is 0 Å². The van der Waals surface area contributed by atoms with Gasteiger partial charge in [-0.25, -0.2) is 0 Å². The van der Waals surface area contributed by atoms with Crippen molar-refractivity contribution in [2.75, 3.05) is 18.0 Å². The minimum atomic E-state index is -0.0716. The molecule has 2 saturated heterocycles. The van der Waals surface area contributed by atoms with Gasteiger partial charge in [0.15, 0.2) is 0 Å². The highest BCUT2D eigenvalue weighted by molar-refractivity contribution is 5.95. The number of carbonyl (C=O) groups is 2. The lowest BCUT2D eigenvalue weighted by Crippen LogP contribution is -2.40. The highest BCUT2D eigenvalue weighted by atomic mass is 16.2. The minimum absolute atomic E-state index is 0.0716. The van der Waals surface area contributed by atoms with Gasteiger partial charge < -0.3 is 9.80 Å². The van der Waals surface area contributed by atoms with Crippen molar-refractivity contribution < 1.29 is 9.59 Å². The van der Waals surface area contributed by atoms with Crippen molar-refractivity contribution in [3.05, 3.63) is 29.8 Å². The zero-order valence-electron chi connectivity index (χ0n) is 14.2. The van der Waals surface area contributed by atoms with Crippen LogP contribution in [0.5, 0.6) is 0 Å². The SMILES string of the molecule is CC(NC1CCN(C2CC2)C1=O)c1cccc(N2CCCC2=O)c1. The number of nitrogens with zero attached hydrogens (tertiary/aromatic N) is 2. The Balaban J connectivity index is 1.43. The summed E-state index contributed by atoms with van der Waals surface area (Å²) in [7, 11) is 0. The van der Waals surface area contributed by atoms with Crippen LogP contribution < -0.4 is 10.2 Å². The predicted molar refractivity (Wildman–Crippen MR) is 92.7 cm³/mol. The molecular weight excluding hydrogens is 302 g/mol. The van der Waals surface area contributed by atoms with Crippen molar-refractivity contribution >= 4 is 17.5 Å². The molecule has 128 valence electrons. The molecule has 5 heteroatoms. The van der Waals surface area contributed by atoms with Crippen molar-refractivity contribution in [2.45, 2.75) is 57.2 Å². The van der Waals surface area contributed by atoms with E-state index in [9.17, 15) is 9.59 Å². The van der Waals surface area contributed by atoms with Gasteiger partial charge in [0, 0.05) is 37.3 Å². The summed E-state index contributed by atoms with van der Waals surface area (Å²) < 4.78 is 0. The van der Waals surface area contributed by atoms with E-state index in [0.717, 1.165) is 37.2 Å². The second kappa shape index (κ2) is 6.20. The first-order valence-corrected chi connectivity index (χ1v) is 9.10.